The molecule has 0 saturated carbocycles. The predicted molar refractivity (Wildman–Crippen MR) is 120 cm³/mol. The Hall–Kier alpha value is -2.45. The fraction of sp³-hybridized carbons (Fsp3) is 0.435. The van der Waals surface area contributed by atoms with Gasteiger partial charge in [-0.1, -0.05) is 18.9 Å². The maximum Gasteiger partial charge on any atom is 0.264 e. The summed E-state index contributed by atoms with van der Waals surface area (Å²) in [6.07, 6.45) is 5.92. The topological polar surface area (TPSA) is 69.7 Å². The van der Waals surface area contributed by atoms with Gasteiger partial charge in [-0.15, -0.1) is 0 Å². The number of halogens is 1. The Labute approximate surface area is 184 Å². The Bertz CT molecular complexity index is 972. The molecule has 1 amide bonds. The summed E-state index contributed by atoms with van der Waals surface area (Å²) in [5.74, 6) is -0.735. The summed E-state index contributed by atoms with van der Waals surface area (Å²) in [4.78, 5) is 15.0. The molecule has 6 nitrogen and oxygen atoms in total. The van der Waals surface area contributed by atoms with Crippen molar-refractivity contribution in [2.45, 2.75) is 37.0 Å². The fourth-order valence-electron chi connectivity index (χ4n) is 3.71. The van der Waals surface area contributed by atoms with Crippen LogP contribution in [0, 0.1) is 5.82 Å². The normalized spacial score (nSPS) is 15.3. The van der Waals surface area contributed by atoms with Crippen LogP contribution < -0.4 is 9.62 Å². The smallest absolute Gasteiger partial charge is 0.264 e. The fourth-order valence-corrected chi connectivity index (χ4v) is 4.95. The average Bonchev–Trinajstić information content (AvgIpc) is 3.05. The number of nitrogens with one attached hydrogen (secondary N) is 1. The van der Waals surface area contributed by atoms with Crippen LogP contribution >= 0.6 is 0 Å². The minimum atomic E-state index is -3.88. The van der Waals surface area contributed by atoms with E-state index >= 15 is 0 Å². The highest BCUT2D eigenvalue weighted by Gasteiger charge is 2.22. The summed E-state index contributed by atoms with van der Waals surface area (Å²) < 4.78 is 40.1. The Morgan fingerprint density at radius 2 is 1.74 bits per heavy atom. The molecule has 1 aliphatic rings. The van der Waals surface area contributed by atoms with E-state index in [0.717, 1.165) is 30.4 Å². The van der Waals surface area contributed by atoms with E-state index in [0.29, 0.717) is 17.8 Å². The van der Waals surface area contributed by atoms with Gasteiger partial charge in [0.2, 0.25) is 0 Å². The molecule has 3 rings (SSSR count). The van der Waals surface area contributed by atoms with Gasteiger partial charge in [-0.2, -0.15) is 0 Å². The second-order valence-electron chi connectivity index (χ2n) is 7.84. The second kappa shape index (κ2) is 10.7. The molecule has 2 aromatic rings. The van der Waals surface area contributed by atoms with Crippen LogP contribution in [0.3, 0.4) is 0 Å². The van der Waals surface area contributed by atoms with Crippen molar-refractivity contribution in [3.63, 3.8) is 0 Å². The summed E-state index contributed by atoms with van der Waals surface area (Å²) in [7, 11) is -2.48. The van der Waals surface area contributed by atoms with Crippen LogP contribution in [0.15, 0.2) is 53.4 Å². The van der Waals surface area contributed by atoms with E-state index in [1.807, 2.05) is 0 Å². The Morgan fingerprint density at radius 3 is 2.42 bits per heavy atom. The lowest BCUT2D eigenvalue weighted by Crippen LogP contribution is -2.31. The highest BCUT2D eigenvalue weighted by Crippen LogP contribution is 2.23. The maximum absolute atomic E-state index is 13.1. The van der Waals surface area contributed by atoms with Crippen molar-refractivity contribution in [2.24, 2.45) is 0 Å². The van der Waals surface area contributed by atoms with Gasteiger partial charge < -0.3 is 10.2 Å². The van der Waals surface area contributed by atoms with E-state index in [2.05, 4.69) is 10.2 Å². The Kier molecular flexibility index (Phi) is 8.03. The summed E-state index contributed by atoms with van der Waals surface area (Å²) in [6.45, 7) is 3.74. The van der Waals surface area contributed by atoms with Gasteiger partial charge in [-0.05, 0) is 81.4 Å². The Balaban J connectivity index is 1.59. The number of nitrogens with zero attached hydrogens (tertiary/aromatic N) is 2. The zero-order valence-corrected chi connectivity index (χ0v) is 18.7. The lowest BCUT2D eigenvalue weighted by molar-refractivity contribution is 0.0951. The SMILES string of the molecule is CN(c1ccc(F)cc1)S(=O)(=O)c1cccc(C(=O)NCCCN2CCCCCC2)c1. The van der Waals surface area contributed by atoms with Gasteiger partial charge in [0.1, 0.15) is 5.82 Å². The van der Waals surface area contributed by atoms with Gasteiger partial charge in [-0.25, -0.2) is 12.8 Å². The molecule has 1 fully saturated rings. The van der Waals surface area contributed by atoms with Crippen LogP contribution in [0.25, 0.3) is 0 Å². The number of carbonyl (C=O) groups is 1. The van der Waals surface area contributed by atoms with E-state index in [1.54, 1.807) is 12.1 Å². The first-order chi connectivity index (χ1) is 14.9. The molecule has 31 heavy (non-hydrogen) atoms. The third-order valence-corrected chi connectivity index (χ3v) is 7.36. The quantitative estimate of drug-likeness (QED) is 0.627. The minimum Gasteiger partial charge on any atom is -0.352 e. The number of sulfonamides is 1. The molecule has 1 aliphatic heterocycles. The van der Waals surface area contributed by atoms with Crippen LogP contribution in [0.4, 0.5) is 10.1 Å². The molecule has 2 aromatic carbocycles. The van der Waals surface area contributed by atoms with Crippen LogP contribution in [0.5, 0.6) is 0 Å². The van der Waals surface area contributed by atoms with Crippen molar-refractivity contribution in [3.8, 4) is 0 Å². The maximum atomic E-state index is 13.1. The van der Waals surface area contributed by atoms with Crippen LogP contribution in [-0.2, 0) is 10.0 Å². The van der Waals surface area contributed by atoms with Crippen molar-refractivity contribution < 1.29 is 17.6 Å². The number of likely N-dealkylation sites (tertiary alicyclic amines) is 1. The summed E-state index contributed by atoms with van der Waals surface area (Å²) >= 11 is 0. The molecule has 8 heteroatoms. The third kappa shape index (κ3) is 6.27. The van der Waals surface area contributed by atoms with Crippen molar-refractivity contribution in [1.29, 1.82) is 0 Å². The van der Waals surface area contributed by atoms with E-state index in [1.165, 1.54) is 69.1 Å². The molecule has 0 unspecified atom stereocenters. The molecule has 0 atom stereocenters. The highest BCUT2D eigenvalue weighted by atomic mass is 32.2. The molecule has 168 valence electrons. The number of rotatable bonds is 8. The molecular weight excluding hydrogens is 417 g/mol. The Morgan fingerprint density at radius 1 is 1.06 bits per heavy atom. The van der Waals surface area contributed by atoms with Crippen LogP contribution in [0.1, 0.15) is 42.5 Å². The summed E-state index contributed by atoms with van der Waals surface area (Å²) in [5.41, 5.74) is 0.633. The summed E-state index contributed by atoms with van der Waals surface area (Å²) in [6, 6.07) is 11.2. The van der Waals surface area contributed by atoms with E-state index in [-0.39, 0.29) is 10.8 Å². The lowest BCUT2D eigenvalue weighted by atomic mass is 10.2. The molecule has 0 radical (unpaired) electrons. The van der Waals surface area contributed by atoms with Gasteiger partial charge in [-0.3, -0.25) is 9.10 Å². The molecule has 0 aromatic heterocycles. The number of anilines is 1. The van der Waals surface area contributed by atoms with Gasteiger partial charge in [0.25, 0.3) is 15.9 Å². The van der Waals surface area contributed by atoms with Crippen LogP contribution in [-0.4, -0.2) is 52.5 Å². The van der Waals surface area contributed by atoms with Gasteiger partial charge in [0.05, 0.1) is 10.6 Å². The standard InChI is InChI=1S/C23H30FN3O3S/c1-26(21-12-10-20(24)11-13-21)31(29,30)22-9-6-8-19(18-22)23(28)25-14-7-17-27-15-4-2-3-5-16-27/h6,8-13,18H,2-5,7,14-17H2,1H3,(H,25,28). The average molecular weight is 448 g/mol. The first-order valence-electron chi connectivity index (χ1n) is 10.7. The first kappa shape index (κ1) is 23.2. The number of amides is 1. The molecule has 0 aliphatic carbocycles. The number of benzene rings is 2. The molecule has 1 heterocycles. The van der Waals surface area contributed by atoms with Gasteiger partial charge in [0.15, 0.2) is 0 Å². The molecule has 0 spiro atoms. The molecule has 1 N–H and O–H groups in total. The molecule has 1 saturated heterocycles. The number of carbonyl (C=O) groups excluding carboxylic acids is 1. The zero-order valence-electron chi connectivity index (χ0n) is 17.9. The number of hydrogen-bond acceptors (Lipinski definition) is 4. The van der Waals surface area contributed by atoms with E-state index in [9.17, 15) is 17.6 Å². The zero-order chi connectivity index (χ0) is 22.3. The highest BCUT2D eigenvalue weighted by molar-refractivity contribution is 7.92. The van der Waals surface area contributed by atoms with Crippen molar-refractivity contribution in [2.75, 3.05) is 37.5 Å². The van der Waals surface area contributed by atoms with E-state index < -0.39 is 15.8 Å². The lowest BCUT2D eigenvalue weighted by Gasteiger charge is -2.20. The minimum absolute atomic E-state index is 0.0107. The number of hydrogen-bond donors (Lipinski definition) is 1. The van der Waals surface area contributed by atoms with Crippen molar-refractivity contribution in [1.82, 2.24) is 10.2 Å². The molecular formula is C23H30FN3O3S. The first-order valence-corrected chi connectivity index (χ1v) is 12.2. The van der Waals surface area contributed by atoms with Gasteiger partial charge >= 0.3 is 0 Å². The monoisotopic (exact) mass is 447 g/mol. The second-order valence-corrected chi connectivity index (χ2v) is 9.81. The van der Waals surface area contributed by atoms with Crippen LogP contribution in [0.2, 0.25) is 0 Å². The van der Waals surface area contributed by atoms with E-state index in [4.69, 9.17) is 0 Å². The predicted octanol–water partition coefficient (Wildman–Crippen LogP) is 3.65. The van der Waals surface area contributed by atoms with Gasteiger partial charge in [0, 0.05) is 19.2 Å². The summed E-state index contributed by atoms with van der Waals surface area (Å²) in [5, 5.41) is 2.88. The third-order valence-electron chi connectivity index (χ3n) is 5.58. The van der Waals surface area contributed by atoms with Crippen molar-refractivity contribution in [3.05, 3.63) is 59.9 Å². The largest absolute Gasteiger partial charge is 0.352 e. The van der Waals surface area contributed by atoms with Crippen molar-refractivity contribution >= 4 is 21.6 Å². The molecule has 0 bridgehead atoms.